The minimum absolute atomic E-state index is 0.154. The van der Waals surface area contributed by atoms with Gasteiger partial charge in [0, 0.05) is 33.3 Å². The van der Waals surface area contributed by atoms with Crippen molar-refractivity contribution in [1.29, 1.82) is 0 Å². The largest absolute Gasteiger partial charge is 0.323 e. The maximum absolute atomic E-state index is 12.1. The fourth-order valence-corrected chi connectivity index (χ4v) is 4.34. The summed E-state index contributed by atoms with van der Waals surface area (Å²) in [5.74, 6) is -0.307. The molecule has 164 valence electrons. The van der Waals surface area contributed by atoms with Crippen LogP contribution in [0.1, 0.15) is 20.9 Å². The molecule has 0 unspecified atom stereocenters. The number of benzene rings is 2. The fraction of sp³-hybridized carbons (Fsp3) is 0.0370. The lowest BCUT2D eigenvalue weighted by molar-refractivity contribution is -0.112. The molecule has 2 heterocycles. The molecule has 0 saturated heterocycles. The van der Waals surface area contributed by atoms with Crippen molar-refractivity contribution < 1.29 is 9.59 Å². The predicted octanol–water partition coefficient (Wildman–Crippen LogP) is 6.70. The van der Waals surface area contributed by atoms with Crippen molar-refractivity contribution in [3.05, 3.63) is 117 Å². The maximum atomic E-state index is 12.1. The molecule has 4 aromatic rings. The molecule has 0 radical (unpaired) electrons. The number of carbonyl (C=O) groups is 2. The van der Waals surface area contributed by atoms with Gasteiger partial charge in [-0.3, -0.25) is 9.59 Å². The zero-order chi connectivity index (χ0) is 22.9. The second kappa shape index (κ2) is 11.2. The molecule has 0 fully saturated rings. The van der Waals surface area contributed by atoms with E-state index in [2.05, 4.69) is 10.6 Å². The van der Waals surface area contributed by atoms with Crippen LogP contribution in [0.5, 0.6) is 0 Å². The van der Waals surface area contributed by atoms with Gasteiger partial charge in [-0.1, -0.05) is 36.4 Å². The summed E-state index contributed by atoms with van der Waals surface area (Å²) in [5, 5.41) is 9.70. The average Bonchev–Trinajstić information content (AvgIpc) is 3.53. The summed E-state index contributed by atoms with van der Waals surface area (Å²) in [6.07, 6.45) is 7.45. The van der Waals surface area contributed by atoms with Crippen molar-refractivity contribution in [2.45, 2.75) is 6.42 Å². The van der Waals surface area contributed by atoms with Gasteiger partial charge < -0.3 is 10.6 Å². The van der Waals surface area contributed by atoms with E-state index in [1.165, 1.54) is 12.2 Å². The van der Waals surface area contributed by atoms with Crippen molar-refractivity contribution in [3.63, 3.8) is 0 Å². The number of nitrogens with one attached hydrogen (secondary N) is 2. The minimum Gasteiger partial charge on any atom is -0.323 e. The Morgan fingerprint density at radius 2 is 1.06 bits per heavy atom. The summed E-state index contributed by atoms with van der Waals surface area (Å²) in [6, 6.07) is 23.5. The number of thiophene rings is 2. The van der Waals surface area contributed by atoms with Crippen LogP contribution in [-0.4, -0.2) is 11.8 Å². The fourth-order valence-electron chi connectivity index (χ4n) is 3.10. The van der Waals surface area contributed by atoms with Crippen molar-refractivity contribution in [1.82, 2.24) is 0 Å². The summed E-state index contributed by atoms with van der Waals surface area (Å²) in [6.45, 7) is 0. The standard InChI is InChI=1S/C27H22N2O2S2/c30-26(15-13-24-3-1-17-32-24)28-22-9-5-20(6-10-22)19-21-7-11-23(12-8-21)29-27(31)16-14-25-4-2-18-33-25/h1-18H,19H2,(H,28,30)(H,29,31)/b15-13+,16-14+. The van der Waals surface area contributed by atoms with Gasteiger partial charge in [-0.2, -0.15) is 0 Å². The third-order valence-electron chi connectivity index (χ3n) is 4.74. The van der Waals surface area contributed by atoms with Crippen LogP contribution in [0.15, 0.2) is 95.7 Å². The highest BCUT2D eigenvalue weighted by atomic mass is 32.1. The molecule has 0 bridgehead atoms. The molecule has 0 aliphatic rings. The summed E-state index contributed by atoms with van der Waals surface area (Å²) in [5.41, 5.74) is 3.79. The van der Waals surface area contributed by atoms with Gasteiger partial charge in [0.1, 0.15) is 0 Å². The SMILES string of the molecule is O=C(/C=C/c1cccs1)Nc1ccc(Cc2ccc(NC(=O)/C=C/c3cccs3)cc2)cc1. The summed E-state index contributed by atoms with van der Waals surface area (Å²) in [4.78, 5) is 26.2. The van der Waals surface area contributed by atoms with Gasteiger partial charge in [-0.05, 0) is 76.9 Å². The predicted molar refractivity (Wildman–Crippen MR) is 140 cm³/mol. The first kappa shape index (κ1) is 22.5. The van der Waals surface area contributed by atoms with E-state index in [1.54, 1.807) is 34.8 Å². The second-order valence-corrected chi connectivity index (χ2v) is 9.21. The first-order valence-corrected chi connectivity index (χ1v) is 12.1. The molecule has 6 heteroatoms. The Bertz CT molecular complexity index is 1140. The molecule has 2 aromatic carbocycles. The number of hydrogen-bond acceptors (Lipinski definition) is 4. The van der Waals surface area contributed by atoms with Gasteiger partial charge in [0.15, 0.2) is 0 Å². The zero-order valence-corrected chi connectivity index (χ0v) is 19.4. The molecular formula is C27H22N2O2S2. The molecule has 0 aliphatic heterocycles. The Morgan fingerprint density at radius 1 is 0.636 bits per heavy atom. The quantitative estimate of drug-likeness (QED) is 0.281. The van der Waals surface area contributed by atoms with Gasteiger partial charge in [-0.25, -0.2) is 0 Å². The smallest absolute Gasteiger partial charge is 0.248 e. The van der Waals surface area contributed by atoms with Gasteiger partial charge in [-0.15, -0.1) is 22.7 Å². The first-order valence-electron chi connectivity index (χ1n) is 10.4. The monoisotopic (exact) mass is 470 g/mol. The highest BCUT2D eigenvalue weighted by molar-refractivity contribution is 7.11. The number of amides is 2. The average molecular weight is 471 g/mol. The van der Waals surface area contributed by atoms with E-state index < -0.39 is 0 Å². The van der Waals surface area contributed by atoms with Crippen LogP contribution in [0.25, 0.3) is 12.2 Å². The van der Waals surface area contributed by atoms with Crippen LogP contribution in [0, 0.1) is 0 Å². The molecule has 2 aromatic heterocycles. The van der Waals surface area contributed by atoms with Crippen LogP contribution < -0.4 is 10.6 Å². The lowest BCUT2D eigenvalue weighted by atomic mass is 10.0. The lowest BCUT2D eigenvalue weighted by Gasteiger charge is -2.07. The molecule has 4 nitrogen and oxygen atoms in total. The molecule has 33 heavy (non-hydrogen) atoms. The van der Waals surface area contributed by atoms with E-state index in [0.29, 0.717) is 0 Å². The number of anilines is 2. The van der Waals surface area contributed by atoms with E-state index in [1.807, 2.05) is 83.6 Å². The summed E-state index contributed by atoms with van der Waals surface area (Å²) in [7, 11) is 0. The van der Waals surface area contributed by atoms with Crippen LogP contribution in [0.2, 0.25) is 0 Å². The van der Waals surface area contributed by atoms with Crippen LogP contribution in [-0.2, 0) is 16.0 Å². The summed E-state index contributed by atoms with van der Waals surface area (Å²) < 4.78 is 0. The molecule has 4 rings (SSSR count). The van der Waals surface area contributed by atoms with E-state index in [4.69, 9.17) is 0 Å². The number of hydrogen-bond donors (Lipinski definition) is 2. The van der Waals surface area contributed by atoms with Gasteiger partial charge in [0.25, 0.3) is 0 Å². The summed E-state index contributed by atoms with van der Waals surface area (Å²) >= 11 is 3.18. The van der Waals surface area contributed by atoms with Crippen molar-refractivity contribution >= 4 is 58.0 Å². The number of carbonyl (C=O) groups excluding carboxylic acids is 2. The highest BCUT2D eigenvalue weighted by Crippen LogP contribution is 2.17. The first-order chi connectivity index (χ1) is 16.1. The normalized spacial score (nSPS) is 11.2. The Morgan fingerprint density at radius 3 is 1.42 bits per heavy atom. The van der Waals surface area contributed by atoms with Crippen LogP contribution >= 0.6 is 22.7 Å². The third-order valence-corrected chi connectivity index (χ3v) is 6.41. The number of rotatable bonds is 8. The Labute approximate surface area is 200 Å². The molecule has 2 N–H and O–H groups in total. The molecule has 0 atom stereocenters. The van der Waals surface area contributed by atoms with Crippen molar-refractivity contribution in [2.24, 2.45) is 0 Å². The van der Waals surface area contributed by atoms with Gasteiger partial charge >= 0.3 is 0 Å². The Hall–Kier alpha value is -3.74. The van der Waals surface area contributed by atoms with Crippen LogP contribution in [0.3, 0.4) is 0 Å². The van der Waals surface area contributed by atoms with E-state index in [0.717, 1.165) is 38.7 Å². The highest BCUT2D eigenvalue weighted by Gasteiger charge is 2.02. The third kappa shape index (κ3) is 7.14. The Balaban J connectivity index is 1.27. The second-order valence-electron chi connectivity index (χ2n) is 7.25. The van der Waals surface area contributed by atoms with Crippen LogP contribution in [0.4, 0.5) is 11.4 Å². The molecular weight excluding hydrogens is 448 g/mol. The van der Waals surface area contributed by atoms with E-state index in [-0.39, 0.29) is 11.8 Å². The van der Waals surface area contributed by atoms with E-state index in [9.17, 15) is 9.59 Å². The lowest BCUT2D eigenvalue weighted by Crippen LogP contribution is -2.07. The zero-order valence-electron chi connectivity index (χ0n) is 17.7. The molecule has 2 amide bonds. The minimum atomic E-state index is -0.154. The van der Waals surface area contributed by atoms with Crippen molar-refractivity contribution in [3.8, 4) is 0 Å². The molecule has 0 aliphatic carbocycles. The maximum Gasteiger partial charge on any atom is 0.248 e. The molecule has 0 saturated carbocycles. The molecule has 0 spiro atoms. The van der Waals surface area contributed by atoms with Crippen molar-refractivity contribution in [2.75, 3.05) is 10.6 Å². The van der Waals surface area contributed by atoms with Gasteiger partial charge in [0.2, 0.25) is 11.8 Å². The topological polar surface area (TPSA) is 58.2 Å². The Kier molecular flexibility index (Phi) is 7.64. The van der Waals surface area contributed by atoms with E-state index >= 15 is 0 Å². The van der Waals surface area contributed by atoms with Gasteiger partial charge in [0.05, 0.1) is 0 Å².